The second-order valence-electron chi connectivity index (χ2n) is 28.5. The van der Waals surface area contributed by atoms with Gasteiger partial charge >= 0.3 is 5.97 Å². The monoisotopic (exact) mass is 1290 g/mol. The molecule has 0 spiro atoms. The lowest BCUT2D eigenvalue weighted by atomic mass is 9.99. The van der Waals surface area contributed by atoms with Crippen LogP contribution in [-0.4, -0.2) is 100 Å². The van der Waals surface area contributed by atoms with Crippen LogP contribution in [0.4, 0.5) is 0 Å². The zero-order chi connectivity index (χ0) is 65.8. The van der Waals surface area contributed by atoms with E-state index in [1.807, 2.05) is 6.08 Å². The van der Waals surface area contributed by atoms with Crippen LogP contribution in [0.3, 0.4) is 0 Å². The molecule has 1 heterocycles. The highest BCUT2D eigenvalue weighted by molar-refractivity contribution is 5.76. The molecule has 0 aromatic rings. The second kappa shape index (κ2) is 69.7. The van der Waals surface area contributed by atoms with Gasteiger partial charge in [-0.25, -0.2) is 0 Å². The summed E-state index contributed by atoms with van der Waals surface area (Å²) in [4.78, 5) is 25.2. The number of rotatable bonds is 73. The summed E-state index contributed by atoms with van der Waals surface area (Å²) in [7, 11) is 0. The average molecular weight is 1290 g/mol. The molecular formula is C80H155NO10. The van der Waals surface area contributed by atoms with Crippen LogP contribution >= 0.6 is 0 Å². The van der Waals surface area contributed by atoms with Crippen LogP contribution in [0.25, 0.3) is 0 Å². The van der Waals surface area contributed by atoms with Gasteiger partial charge in [-0.05, 0) is 32.1 Å². The molecule has 540 valence electrons. The first-order chi connectivity index (χ1) is 44.7. The summed E-state index contributed by atoms with van der Waals surface area (Å²) < 4.78 is 16.8. The van der Waals surface area contributed by atoms with Gasteiger partial charge in [0.15, 0.2) is 6.29 Å². The molecule has 1 aliphatic rings. The zero-order valence-corrected chi connectivity index (χ0v) is 60.3. The van der Waals surface area contributed by atoms with Crippen molar-refractivity contribution in [2.75, 3.05) is 19.8 Å². The summed E-state index contributed by atoms with van der Waals surface area (Å²) in [6, 6.07) is -0.805. The number of nitrogens with one attached hydrogen (secondary N) is 1. The summed E-state index contributed by atoms with van der Waals surface area (Å²) in [6.07, 6.45) is 78.2. The smallest absolute Gasteiger partial charge is 0.305 e. The molecule has 11 heteroatoms. The van der Waals surface area contributed by atoms with Crippen molar-refractivity contribution in [2.45, 2.75) is 468 Å². The maximum atomic E-state index is 13.1. The van der Waals surface area contributed by atoms with E-state index in [9.17, 15) is 35.1 Å². The molecule has 6 N–H and O–H groups in total. The van der Waals surface area contributed by atoms with Gasteiger partial charge in [0.05, 0.1) is 32.0 Å². The van der Waals surface area contributed by atoms with Crippen LogP contribution in [0.1, 0.15) is 425 Å². The molecule has 7 unspecified atom stereocenters. The van der Waals surface area contributed by atoms with Crippen molar-refractivity contribution in [2.24, 2.45) is 0 Å². The van der Waals surface area contributed by atoms with Gasteiger partial charge in [0.1, 0.15) is 24.4 Å². The van der Waals surface area contributed by atoms with Crippen LogP contribution in [0, 0.1) is 0 Å². The minimum absolute atomic E-state index is 0.0190. The summed E-state index contributed by atoms with van der Waals surface area (Å²) in [5.41, 5.74) is 0. The lowest BCUT2D eigenvalue weighted by Gasteiger charge is -2.40. The third-order valence-electron chi connectivity index (χ3n) is 19.7. The second-order valence-corrected chi connectivity index (χ2v) is 28.5. The third kappa shape index (κ3) is 58.3. The Hall–Kier alpha value is -1.60. The number of carbonyl (C=O) groups excluding carboxylic acids is 2. The highest BCUT2D eigenvalue weighted by Gasteiger charge is 2.44. The zero-order valence-electron chi connectivity index (χ0n) is 60.3. The van der Waals surface area contributed by atoms with Crippen LogP contribution in [-0.2, 0) is 23.8 Å². The molecule has 11 nitrogen and oxygen atoms in total. The number of unbranched alkanes of at least 4 members (excludes halogenated alkanes) is 59. The van der Waals surface area contributed by atoms with E-state index >= 15 is 0 Å². The Morgan fingerprint density at radius 1 is 0.396 bits per heavy atom. The molecule has 0 radical (unpaired) electrons. The van der Waals surface area contributed by atoms with Gasteiger partial charge in [-0.3, -0.25) is 9.59 Å². The summed E-state index contributed by atoms with van der Waals surface area (Å²) >= 11 is 0. The Morgan fingerprint density at radius 3 is 1.02 bits per heavy atom. The van der Waals surface area contributed by atoms with E-state index in [1.54, 1.807) is 6.08 Å². The van der Waals surface area contributed by atoms with Gasteiger partial charge in [0.25, 0.3) is 0 Å². The van der Waals surface area contributed by atoms with Crippen LogP contribution in [0.5, 0.6) is 0 Å². The molecule has 0 saturated carbocycles. The van der Waals surface area contributed by atoms with E-state index in [2.05, 4.69) is 19.2 Å². The molecule has 0 aliphatic carbocycles. The van der Waals surface area contributed by atoms with Crippen LogP contribution < -0.4 is 5.32 Å². The number of hydrogen-bond acceptors (Lipinski definition) is 10. The average Bonchev–Trinajstić information content (AvgIpc) is 2.21. The van der Waals surface area contributed by atoms with Gasteiger partial charge in [-0.2, -0.15) is 0 Å². The first-order valence-electron chi connectivity index (χ1n) is 40.5. The van der Waals surface area contributed by atoms with Crippen molar-refractivity contribution >= 4 is 11.9 Å². The van der Waals surface area contributed by atoms with Crippen molar-refractivity contribution in [1.29, 1.82) is 0 Å². The minimum atomic E-state index is -1.57. The molecule has 91 heavy (non-hydrogen) atoms. The lowest BCUT2D eigenvalue weighted by molar-refractivity contribution is -0.302. The topological polar surface area (TPSA) is 175 Å². The largest absolute Gasteiger partial charge is 0.466 e. The van der Waals surface area contributed by atoms with Gasteiger partial charge in [0, 0.05) is 12.8 Å². The molecule has 0 bridgehead atoms. The van der Waals surface area contributed by atoms with E-state index in [0.29, 0.717) is 19.4 Å². The lowest BCUT2D eigenvalue weighted by Crippen LogP contribution is -2.60. The fraction of sp³-hybridized carbons (Fsp3) is 0.950. The number of ether oxygens (including phenoxy) is 3. The Morgan fingerprint density at radius 2 is 0.692 bits per heavy atom. The van der Waals surface area contributed by atoms with Gasteiger partial charge in [-0.1, -0.05) is 392 Å². The highest BCUT2D eigenvalue weighted by atomic mass is 16.7. The van der Waals surface area contributed by atoms with Crippen molar-refractivity contribution in [3.63, 3.8) is 0 Å². The highest BCUT2D eigenvalue weighted by Crippen LogP contribution is 2.24. The van der Waals surface area contributed by atoms with Crippen molar-refractivity contribution in [1.82, 2.24) is 5.32 Å². The van der Waals surface area contributed by atoms with E-state index in [4.69, 9.17) is 14.2 Å². The van der Waals surface area contributed by atoms with Crippen molar-refractivity contribution in [3.8, 4) is 0 Å². The first kappa shape index (κ1) is 87.4. The summed E-state index contributed by atoms with van der Waals surface area (Å²) in [6.45, 7) is 4.41. The number of esters is 1. The Kier molecular flexibility index (Phi) is 67.0. The predicted molar refractivity (Wildman–Crippen MR) is 385 cm³/mol. The number of aliphatic hydroxyl groups excluding tert-OH is 5. The van der Waals surface area contributed by atoms with E-state index in [-0.39, 0.29) is 18.5 Å². The Bertz CT molecular complexity index is 1510. The van der Waals surface area contributed by atoms with E-state index in [1.165, 1.54) is 347 Å². The molecule has 0 aromatic carbocycles. The van der Waals surface area contributed by atoms with E-state index in [0.717, 1.165) is 51.4 Å². The standard InChI is InChI=1S/C80H155NO10/c1-3-5-7-9-11-13-15-17-43-46-50-54-58-62-66-73(83)72(71-90-80-79(88)78(87)77(86)74(70-82)91-80)81-75(84)67-63-59-55-51-47-44-41-39-37-35-33-31-29-27-25-23-21-19-18-20-22-24-26-28-30-32-34-36-38-40-42-45-49-53-57-61-65-69-89-76(85)68-64-60-56-52-48-16-14-12-10-8-6-4-2/h62,66,72-74,77-80,82-83,86-88H,3-61,63-65,67-71H2,1-2H3,(H,81,84)/b66-62+. The molecular weight excluding hydrogens is 1130 g/mol. The van der Waals surface area contributed by atoms with Gasteiger partial charge < -0.3 is 45.1 Å². The van der Waals surface area contributed by atoms with Gasteiger partial charge in [-0.15, -0.1) is 0 Å². The maximum absolute atomic E-state index is 13.1. The Balaban J connectivity index is 1.89. The Labute approximate surface area is 563 Å². The number of hydrogen-bond donors (Lipinski definition) is 6. The summed E-state index contributed by atoms with van der Waals surface area (Å²) in [5, 5.41) is 54.6. The molecule has 1 aliphatic heterocycles. The number of carbonyl (C=O) groups is 2. The molecule has 1 rings (SSSR count). The van der Waals surface area contributed by atoms with E-state index < -0.39 is 49.5 Å². The maximum Gasteiger partial charge on any atom is 0.305 e. The van der Waals surface area contributed by atoms with Crippen molar-refractivity contribution in [3.05, 3.63) is 12.2 Å². The fourth-order valence-electron chi connectivity index (χ4n) is 13.3. The quantitative estimate of drug-likeness (QED) is 0.0195. The molecule has 0 aromatic heterocycles. The fourth-order valence-corrected chi connectivity index (χ4v) is 13.3. The summed E-state index contributed by atoms with van der Waals surface area (Å²) in [5.74, 6) is -0.153. The van der Waals surface area contributed by atoms with Crippen molar-refractivity contribution < 1.29 is 49.3 Å². The van der Waals surface area contributed by atoms with Gasteiger partial charge in [0.2, 0.25) is 5.91 Å². The molecule has 1 amide bonds. The molecule has 1 saturated heterocycles. The number of amides is 1. The normalized spacial score (nSPS) is 17.5. The first-order valence-corrected chi connectivity index (χ1v) is 40.5. The molecule has 1 fully saturated rings. The molecule has 7 atom stereocenters. The third-order valence-corrected chi connectivity index (χ3v) is 19.7. The number of aliphatic hydroxyl groups is 5. The predicted octanol–water partition coefficient (Wildman–Crippen LogP) is 21.8. The minimum Gasteiger partial charge on any atom is -0.466 e. The van der Waals surface area contributed by atoms with Crippen LogP contribution in [0.2, 0.25) is 0 Å². The SMILES string of the molecule is CCCCCCCCCCCCCC/C=C/C(O)C(COC1OC(CO)C(O)C(O)C1O)NC(=O)CCCCCCCCCCCCCCCCCCCCCCCCCCCCCCCCCCCCCCCOC(=O)CCCCCCCCCCCCCC. The van der Waals surface area contributed by atoms with Crippen LogP contribution in [0.15, 0.2) is 12.2 Å². The number of allylic oxidation sites excluding steroid dienone is 1.